The SMILES string of the molecule is CCC(N)(CC)CNC(=O)CCC(=O)NCCNC(C)=O. The average molecular weight is 300 g/mol. The van der Waals surface area contributed by atoms with Crippen LogP contribution in [0.3, 0.4) is 0 Å². The first-order chi connectivity index (χ1) is 9.83. The number of rotatable bonds is 10. The molecule has 0 aliphatic heterocycles. The van der Waals surface area contributed by atoms with Crippen LogP contribution in [0.15, 0.2) is 0 Å². The quantitative estimate of drug-likeness (QED) is 0.413. The Bertz CT molecular complexity index is 354. The summed E-state index contributed by atoms with van der Waals surface area (Å²) in [7, 11) is 0. The third kappa shape index (κ3) is 9.84. The zero-order valence-corrected chi connectivity index (χ0v) is 13.3. The maximum Gasteiger partial charge on any atom is 0.220 e. The van der Waals surface area contributed by atoms with Gasteiger partial charge >= 0.3 is 0 Å². The molecule has 0 saturated heterocycles. The lowest BCUT2D eigenvalue weighted by molar-refractivity contribution is -0.126. The van der Waals surface area contributed by atoms with Crippen LogP contribution in [0.5, 0.6) is 0 Å². The molecule has 0 spiro atoms. The molecule has 0 atom stereocenters. The van der Waals surface area contributed by atoms with E-state index in [9.17, 15) is 14.4 Å². The Morgan fingerprint density at radius 1 is 0.905 bits per heavy atom. The summed E-state index contributed by atoms with van der Waals surface area (Å²) in [5.41, 5.74) is 5.70. The smallest absolute Gasteiger partial charge is 0.220 e. The highest BCUT2D eigenvalue weighted by atomic mass is 16.2. The van der Waals surface area contributed by atoms with Gasteiger partial charge in [-0.1, -0.05) is 13.8 Å². The maximum atomic E-state index is 11.6. The van der Waals surface area contributed by atoms with Crippen molar-refractivity contribution in [2.45, 2.75) is 52.0 Å². The molecule has 7 nitrogen and oxygen atoms in total. The number of carbonyl (C=O) groups is 3. The molecule has 0 aliphatic carbocycles. The fraction of sp³-hybridized carbons (Fsp3) is 0.786. The second kappa shape index (κ2) is 10.1. The normalized spacial score (nSPS) is 10.9. The van der Waals surface area contributed by atoms with Crippen LogP contribution in [-0.4, -0.2) is 42.9 Å². The highest BCUT2D eigenvalue weighted by molar-refractivity contribution is 5.83. The molecule has 0 fully saturated rings. The minimum Gasteiger partial charge on any atom is -0.355 e. The van der Waals surface area contributed by atoms with Crippen molar-refractivity contribution in [2.75, 3.05) is 19.6 Å². The van der Waals surface area contributed by atoms with Crippen molar-refractivity contribution in [1.82, 2.24) is 16.0 Å². The molecule has 0 aromatic carbocycles. The summed E-state index contributed by atoms with van der Waals surface area (Å²) in [5, 5.41) is 7.96. The Kier molecular flexibility index (Phi) is 9.36. The van der Waals surface area contributed by atoms with Crippen molar-refractivity contribution >= 4 is 17.7 Å². The molecule has 21 heavy (non-hydrogen) atoms. The molecular formula is C14H28N4O3. The van der Waals surface area contributed by atoms with Crippen molar-refractivity contribution in [3.8, 4) is 0 Å². The van der Waals surface area contributed by atoms with Gasteiger partial charge in [0.05, 0.1) is 0 Å². The number of nitrogens with one attached hydrogen (secondary N) is 3. The first-order valence-electron chi connectivity index (χ1n) is 7.39. The predicted octanol–water partition coefficient (Wildman–Crippen LogP) is -0.347. The molecule has 122 valence electrons. The second-order valence-electron chi connectivity index (χ2n) is 5.18. The first kappa shape index (κ1) is 19.4. The Morgan fingerprint density at radius 2 is 1.38 bits per heavy atom. The zero-order valence-electron chi connectivity index (χ0n) is 13.3. The van der Waals surface area contributed by atoms with Gasteiger partial charge in [-0.15, -0.1) is 0 Å². The Labute approximate surface area is 126 Å². The molecule has 0 bridgehead atoms. The van der Waals surface area contributed by atoms with Crippen molar-refractivity contribution in [2.24, 2.45) is 5.73 Å². The number of hydrogen-bond donors (Lipinski definition) is 4. The zero-order chi connectivity index (χ0) is 16.3. The van der Waals surface area contributed by atoms with Gasteiger partial charge in [-0.25, -0.2) is 0 Å². The van der Waals surface area contributed by atoms with E-state index in [-0.39, 0.29) is 36.1 Å². The molecule has 0 heterocycles. The van der Waals surface area contributed by atoms with E-state index in [1.807, 2.05) is 13.8 Å². The predicted molar refractivity (Wildman–Crippen MR) is 81.4 cm³/mol. The lowest BCUT2D eigenvalue weighted by atomic mass is 9.94. The van der Waals surface area contributed by atoms with Crippen LogP contribution in [-0.2, 0) is 14.4 Å². The van der Waals surface area contributed by atoms with Crippen LogP contribution < -0.4 is 21.7 Å². The molecule has 0 aromatic heterocycles. The van der Waals surface area contributed by atoms with E-state index in [0.717, 1.165) is 12.8 Å². The van der Waals surface area contributed by atoms with Gasteiger partial charge in [0.25, 0.3) is 0 Å². The largest absolute Gasteiger partial charge is 0.355 e. The van der Waals surface area contributed by atoms with E-state index in [4.69, 9.17) is 5.73 Å². The molecule has 5 N–H and O–H groups in total. The van der Waals surface area contributed by atoms with Crippen molar-refractivity contribution in [1.29, 1.82) is 0 Å². The fourth-order valence-corrected chi connectivity index (χ4v) is 1.62. The topological polar surface area (TPSA) is 113 Å². The van der Waals surface area contributed by atoms with Crippen molar-refractivity contribution in [3.05, 3.63) is 0 Å². The van der Waals surface area contributed by atoms with Crippen molar-refractivity contribution in [3.63, 3.8) is 0 Å². The van der Waals surface area contributed by atoms with Crippen LogP contribution >= 0.6 is 0 Å². The minimum atomic E-state index is -0.379. The molecule has 3 amide bonds. The van der Waals surface area contributed by atoms with E-state index in [1.165, 1.54) is 6.92 Å². The number of amides is 3. The Balaban J connectivity index is 3.77. The number of nitrogens with two attached hydrogens (primary N) is 1. The van der Waals surface area contributed by atoms with E-state index in [1.54, 1.807) is 0 Å². The highest BCUT2D eigenvalue weighted by Gasteiger charge is 2.20. The summed E-state index contributed by atoms with van der Waals surface area (Å²) in [5.74, 6) is -0.523. The standard InChI is InChI=1S/C14H28N4O3/c1-4-14(15,5-2)10-18-13(21)7-6-12(20)17-9-8-16-11(3)19/h4-10,15H2,1-3H3,(H,16,19)(H,17,20)(H,18,21). The van der Waals surface area contributed by atoms with Gasteiger partial charge < -0.3 is 21.7 Å². The van der Waals surface area contributed by atoms with Crippen LogP contribution in [0.1, 0.15) is 46.5 Å². The molecule has 0 radical (unpaired) electrons. The second-order valence-corrected chi connectivity index (χ2v) is 5.18. The van der Waals surface area contributed by atoms with Crippen LogP contribution in [0.25, 0.3) is 0 Å². The summed E-state index contributed by atoms with van der Waals surface area (Å²) in [6, 6.07) is 0. The summed E-state index contributed by atoms with van der Waals surface area (Å²) in [6.45, 7) is 6.54. The average Bonchev–Trinajstić information content (AvgIpc) is 2.46. The van der Waals surface area contributed by atoms with E-state index in [2.05, 4.69) is 16.0 Å². The Hall–Kier alpha value is -1.63. The van der Waals surface area contributed by atoms with Crippen LogP contribution in [0.2, 0.25) is 0 Å². The number of carbonyl (C=O) groups excluding carboxylic acids is 3. The van der Waals surface area contributed by atoms with Gasteiger partial charge in [0, 0.05) is 44.9 Å². The van der Waals surface area contributed by atoms with E-state index < -0.39 is 0 Å². The van der Waals surface area contributed by atoms with Crippen LogP contribution in [0, 0.1) is 0 Å². The number of hydrogen-bond acceptors (Lipinski definition) is 4. The monoisotopic (exact) mass is 300 g/mol. The van der Waals surface area contributed by atoms with Gasteiger partial charge in [0.2, 0.25) is 17.7 Å². The van der Waals surface area contributed by atoms with Gasteiger partial charge in [0.15, 0.2) is 0 Å². The lowest BCUT2D eigenvalue weighted by Crippen LogP contribution is -2.49. The van der Waals surface area contributed by atoms with Gasteiger partial charge in [-0.3, -0.25) is 14.4 Å². The van der Waals surface area contributed by atoms with Gasteiger partial charge in [0.1, 0.15) is 0 Å². The molecule has 0 rings (SSSR count). The lowest BCUT2D eigenvalue weighted by Gasteiger charge is -2.26. The third-order valence-electron chi connectivity index (χ3n) is 3.45. The Morgan fingerprint density at radius 3 is 1.86 bits per heavy atom. The molecular weight excluding hydrogens is 272 g/mol. The van der Waals surface area contributed by atoms with Gasteiger partial charge in [-0.2, -0.15) is 0 Å². The van der Waals surface area contributed by atoms with Crippen molar-refractivity contribution < 1.29 is 14.4 Å². The molecule has 0 saturated carbocycles. The molecule has 0 unspecified atom stereocenters. The molecule has 0 aromatic rings. The third-order valence-corrected chi connectivity index (χ3v) is 3.45. The summed E-state index contributed by atoms with van der Waals surface area (Å²) >= 11 is 0. The first-order valence-corrected chi connectivity index (χ1v) is 7.39. The summed E-state index contributed by atoms with van der Waals surface area (Å²) < 4.78 is 0. The minimum absolute atomic E-state index is 0.127. The summed E-state index contributed by atoms with van der Waals surface area (Å²) in [4.78, 5) is 33.7. The summed E-state index contributed by atoms with van der Waals surface area (Å²) in [6.07, 6.45) is 1.83. The molecule has 0 aliphatic rings. The molecule has 7 heteroatoms. The maximum absolute atomic E-state index is 11.6. The van der Waals surface area contributed by atoms with Gasteiger partial charge in [-0.05, 0) is 12.8 Å². The van der Waals surface area contributed by atoms with E-state index in [0.29, 0.717) is 19.6 Å². The van der Waals surface area contributed by atoms with E-state index >= 15 is 0 Å². The van der Waals surface area contributed by atoms with Crippen LogP contribution in [0.4, 0.5) is 0 Å². The fourth-order valence-electron chi connectivity index (χ4n) is 1.62. The highest BCUT2D eigenvalue weighted by Crippen LogP contribution is 2.09.